The van der Waals surface area contributed by atoms with Crippen molar-refractivity contribution < 1.29 is 0 Å². The maximum Gasteiger partial charge on any atom is 0.329 e. The fourth-order valence-corrected chi connectivity index (χ4v) is 10.3. The Morgan fingerprint density at radius 3 is 2.37 bits per heavy atom. The van der Waals surface area contributed by atoms with Crippen molar-refractivity contribution in [1.82, 2.24) is 0 Å². The Morgan fingerprint density at radius 2 is 1.43 bits per heavy atom. The highest BCUT2D eigenvalue weighted by molar-refractivity contribution is 7.26. The average Bonchev–Trinajstić information content (AvgIpc) is 3.49. The zero-order chi connectivity index (χ0) is 30.1. The van der Waals surface area contributed by atoms with Gasteiger partial charge in [-0.25, -0.2) is 0 Å². The van der Waals surface area contributed by atoms with Crippen molar-refractivity contribution in [2.24, 2.45) is 0 Å². The summed E-state index contributed by atoms with van der Waals surface area (Å²) in [6.45, 7) is 2.34. The van der Waals surface area contributed by atoms with Crippen molar-refractivity contribution >= 4 is 71.4 Å². The van der Waals surface area contributed by atoms with E-state index in [4.69, 9.17) is 0 Å². The largest absolute Gasteiger partial charge is 0.376 e. The summed E-state index contributed by atoms with van der Waals surface area (Å²) in [5.74, 6) is 0.314. The van der Waals surface area contributed by atoms with Crippen molar-refractivity contribution in [3.8, 4) is 22.3 Å². The highest BCUT2D eigenvalue weighted by Gasteiger charge is 2.48. The van der Waals surface area contributed by atoms with Crippen LogP contribution in [0, 0.1) is 6.92 Å². The topological polar surface area (TPSA) is 3.24 Å². The van der Waals surface area contributed by atoms with Crippen LogP contribution < -0.4 is 15.7 Å². The van der Waals surface area contributed by atoms with Crippen LogP contribution in [0.25, 0.3) is 53.2 Å². The van der Waals surface area contributed by atoms with Gasteiger partial charge < -0.3 is 4.81 Å². The molecule has 0 spiro atoms. The van der Waals surface area contributed by atoms with Crippen LogP contribution in [-0.4, -0.2) is 6.85 Å². The van der Waals surface area contributed by atoms with Gasteiger partial charge in [0.25, 0.3) is 0 Å². The summed E-state index contributed by atoms with van der Waals surface area (Å²) in [4.78, 5) is 2.70. The standard InChI is InChI=1S/C43H28BNS/c1-25-11-2-8-19-35(25)45-36-21-22-38-40(31-16-7-9-20-37(31)46-38)42(36)41-29-15-6-4-13-27(29)24-33-32-23-26-12-3-5-14-28(26)30-17-10-18-34(39(30)32)44(45)43(33)41/h2-22,24,32H,23H2,1H3. The summed E-state index contributed by atoms with van der Waals surface area (Å²) < 4.78 is 2.71. The molecule has 46 heavy (non-hydrogen) atoms. The first-order chi connectivity index (χ1) is 22.8. The number of benzene rings is 7. The molecule has 3 heterocycles. The first-order valence-electron chi connectivity index (χ1n) is 16.3. The molecule has 0 saturated carbocycles. The Balaban J connectivity index is 1.37. The van der Waals surface area contributed by atoms with Gasteiger partial charge in [-0.05, 0) is 98.3 Å². The monoisotopic (exact) mass is 601 g/mol. The van der Waals surface area contributed by atoms with Gasteiger partial charge in [-0.1, -0.05) is 109 Å². The van der Waals surface area contributed by atoms with Crippen LogP contribution in [-0.2, 0) is 6.42 Å². The van der Waals surface area contributed by atoms with Crippen LogP contribution in [0.3, 0.4) is 0 Å². The van der Waals surface area contributed by atoms with Gasteiger partial charge >= 0.3 is 6.85 Å². The Bertz CT molecular complexity index is 2610. The van der Waals surface area contributed by atoms with E-state index in [2.05, 4.69) is 145 Å². The molecule has 0 amide bonds. The second-order valence-corrected chi connectivity index (χ2v) is 14.3. The Hall–Kier alpha value is -5.12. The van der Waals surface area contributed by atoms with E-state index in [9.17, 15) is 0 Å². The van der Waals surface area contributed by atoms with Crippen LogP contribution in [0.5, 0.6) is 0 Å². The molecule has 0 N–H and O–H groups in total. The molecule has 7 aromatic carbocycles. The number of nitrogens with zero attached hydrogens (tertiary/aromatic N) is 1. The molecule has 0 radical (unpaired) electrons. The zero-order valence-corrected chi connectivity index (χ0v) is 26.2. The van der Waals surface area contributed by atoms with Crippen LogP contribution in [0.4, 0.5) is 11.4 Å². The Kier molecular flexibility index (Phi) is 4.91. The van der Waals surface area contributed by atoms with Crippen molar-refractivity contribution in [3.05, 3.63) is 156 Å². The molecule has 3 heteroatoms. The number of para-hydroxylation sites is 1. The van der Waals surface area contributed by atoms with Crippen molar-refractivity contribution in [2.75, 3.05) is 4.81 Å². The third-order valence-corrected chi connectivity index (χ3v) is 12.1. The van der Waals surface area contributed by atoms with E-state index in [1.807, 2.05) is 11.3 Å². The van der Waals surface area contributed by atoms with E-state index in [1.165, 1.54) is 97.8 Å². The van der Waals surface area contributed by atoms with E-state index >= 15 is 0 Å². The predicted octanol–water partition coefficient (Wildman–Crippen LogP) is 10.1. The van der Waals surface area contributed by atoms with Gasteiger partial charge in [-0.3, -0.25) is 0 Å². The Labute approximate surface area is 272 Å². The third kappa shape index (κ3) is 3.11. The number of rotatable bonds is 1. The summed E-state index contributed by atoms with van der Waals surface area (Å²) in [5.41, 5.74) is 16.9. The number of anilines is 2. The number of thiophene rings is 1. The van der Waals surface area contributed by atoms with E-state index in [0.29, 0.717) is 5.92 Å². The predicted molar refractivity (Wildman–Crippen MR) is 198 cm³/mol. The molecular weight excluding hydrogens is 573 g/mol. The van der Waals surface area contributed by atoms with E-state index in [0.717, 1.165) is 6.42 Å². The first-order valence-corrected chi connectivity index (χ1v) is 17.1. The third-order valence-electron chi connectivity index (χ3n) is 10.9. The lowest BCUT2D eigenvalue weighted by atomic mass is 9.39. The molecule has 0 saturated heterocycles. The van der Waals surface area contributed by atoms with Gasteiger partial charge in [0.05, 0.1) is 0 Å². The van der Waals surface area contributed by atoms with E-state index < -0.39 is 0 Å². The molecule has 3 aliphatic rings. The second-order valence-electron chi connectivity index (χ2n) is 13.2. The molecule has 11 rings (SSSR count). The second kappa shape index (κ2) is 8.99. The van der Waals surface area contributed by atoms with Gasteiger partial charge in [0.15, 0.2) is 0 Å². The fourth-order valence-electron chi connectivity index (χ4n) is 9.16. The molecular formula is C43H28BNS. The Morgan fingerprint density at radius 1 is 0.652 bits per heavy atom. The van der Waals surface area contributed by atoms with Crippen LogP contribution in [0.2, 0.25) is 0 Å². The minimum atomic E-state index is 0.0713. The molecule has 1 aromatic heterocycles. The smallest absolute Gasteiger partial charge is 0.329 e. The summed E-state index contributed by atoms with van der Waals surface area (Å²) >= 11 is 1.92. The molecule has 1 nitrogen and oxygen atoms in total. The summed E-state index contributed by atoms with van der Waals surface area (Å²) in [6, 6.07) is 50.6. The average molecular weight is 602 g/mol. The van der Waals surface area contributed by atoms with E-state index in [1.54, 1.807) is 0 Å². The first kappa shape index (κ1) is 25.1. The van der Waals surface area contributed by atoms with Crippen molar-refractivity contribution in [1.29, 1.82) is 0 Å². The minimum Gasteiger partial charge on any atom is -0.376 e. The number of hydrogen-bond donors (Lipinski definition) is 0. The molecule has 0 bridgehead atoms. The summed E-state index contributed by atoms with van der Waals surface area (Å²) in [5, 5.41) is 5.44. The molecule has 1 aliphatic carbocycles. The zero-order valence-electron chi connectivity index (χ0n) is 25.4. The van der Waals surface area contributed by atoms with Gasteiger partial charge in [0, 0.05) is 43.0 Å². The maximum atomic E-state index is 2.70. The molecule has 8 aromatic rings. The summed E-state index contributed by atoms with van der Waals surface area (Å²) in [7, 11) is 0. The SMILES string of the molecule is Cc1ccccc1N1B2c3cccc4c3C(Cc3ccccc3-4)c3cc4ccccc4c(c32)-c2c1ccc1sc3ccccc3c21. The van der Waals surface area contributed by atoms with Gasteiger partial charge in [0.1, 0.15) is 0 Å². The van der Waals surface area contributed by atoms with Gasteiger partial charge in [-0.15, -0.1) is 11.3 Å². The summed E-state index contributed by atoms with van der Waals surface area (Å²) in [6.07, 6.45) is 1.03. The molecule has 1 atom stereocenters. The number of fused-ring (bicyclic) bond motifs is 12. The fraction of sp³-hybridized carbons (Fsp3) is 0.0698. The highest BCUT2D eigenvalue weighted by atomic mass is 32.1. The van der Waals surface area contributed by atoms with Crippen LogP contribution in [0.15, 0.2) is 133 Å². The number of hydrogen-bond acceptors (Lipinski definition) is 2. The number of aryl methyl sites for hydroxylation is 1. The van der Waals surface area contributed by atoms with Crippen molar-refractivity contribution in [3.63, 3.8) is 0 Å². The van der Waals surface area contributed by atoms with Crippen LogP contribution in [0.1, 0.15) is 28.2 Å². The lowest BCUT2D eigenvalue weighted by Crippen LogP contribution is -2.62. The lowest BCUT2D eigenvalue weighted by Gasteiger charge is -2.47. The minimum absolute atomic E-state index is 0.0713. The highest BCUT2D eigenvalue weighted by Crippen LogP contribution is 2.53. The van der Waals surface area contributed by atoms with E-state index in [-0.39, 0.29) is 6.85 Å². The van der Waals surface area contributed by atoms with Gasteiger partial charge in [-0.2, -0.15) is 0 Å². The normalized spacial score (nSPS) is 15.5. The maximum absolute atomic E-state index is 2.70. The van der Waals surface area contributed by atoms with Gasteiger partial charge in [0.2, 0.25) is 0 Å². The van der Waals surface area contributed by atoms with Crippen LogP contribution >= 0.6 is 11.3 Å². The molecule has 0 fully saturated rings. The van der Waals surface area contributed by atoms with Crippen molar-refractivity contribution in [2.45, 2.75) is 19.3 Å². The molecule has 2 aliphatic heterocycles. The molecule has 1 unspecified atom stereocenters. The quantitative estimate of drug-likeness (QED) is 0.169. The molecule has 214 valence electrons. The lowest BCUT2D eigenvalue weighted by molar-refractivity contribution is 0.799.